The molecule has 0 heterocycles. The lowest BCUT2D eigenvalue weighted by atomic mass is 10.0. The van der Waals surface area contributed by atoms with Gasteiger partial charge < -0.3 is 4.74 Å². The van der Waals surface area contributed by atoms with Gasteiger partial charge in [-0.25, -0.2) is 17.5 Å². The number of ether oxygens (including phenoxy) is 1. The van der Waals surface area contributed by atoms with Gasteiger partial charge in [0.25, 0.3) is 0 Å². The summed E-state index contributed by atoms with van der Waals surface area (Å²) in [5.41, 5.74) is 0. The molecule has 0 unspecified atom stereocenters. The molecular weight excluding hydrogens is 365 g/mol. The van der Waals surface area contributed by atoms with Crippen LogP contribution in [0.1, 0.15) is 20.3 Å². The first-order valence-electron chi connectivity index (χ1n) is 7.98. The van der Waals surface area contributed by atoms with Crippen molar-refractivity contribution >= 4 is 21.6 Å². The molecule has 0 radical (unpaired) electrons. The van der Waals surface area contributed by atoms with E-state index in [-0.39, 0.29) is 17.4 Å². The van der Waals surface area contributed by atoms with Crippen molar-refractivity contribution in [3.8, 4) is 5.75 Å². The molecule has 0 amide bonds. The van der Waals surface area contributed by atoms with E-state index in [1.54, 1.807) is 24.3 Å². The zero-order valence-electron chi connectivity index (χ0n) is 14.1. The normalized spacial score (nSPS) is 14.1. The maximum absolute atomic E-state index is 13.8. The van der Waals surface area contributed by atoms with Crippen molar-refractivity contribution in [2.24, 2.45) is 5.92 Å². The highest BCUT2D eigenvalue weighted by atomic mass is 35.5. The van der Waals surface area contributed by atoms with Crippen LogP contribution >= 0.6 is 11.6 Å². The van der Waals surface area contributed by atoms with Crippen molar-refractivity contribution in [3.63, 3.8) is 0 Å². The molecule has 25 heavy (non-hydrogen) atoms. The monoisotopic (exact) mass is 385 g/mol. The first-order valence-corrected chi connectivity index (χ1v) is 9.85. The summed E-state index contributed by atoms with van der Waals surface area (Å²) >= 11 is 5.83. The Hall–Kier alpha value is -1.63. The highest BCUT2D eigenvalue weighted by Gasteiger charge is 2.26. The largest absolute Gasteiger partial charge is 0.492 e. The molecule has 0 saturated heterocycles. The van der Waals surface area contributed by atoms with Gasteiger partial charge in [0.05, 0.1) is 6.04 Å². The molecule has 7 heteroatoms. The molecule has 0 spiro atoms. The van der Waals surface area contributed by atoms with Gasteiger partial charge >= 0.3 is 0 Å². The van der Waals surface area contributed by atoms with Crippen molar-refractivity contribution < 1.29 is 17.5 Å². The highest BCUT2D eigenvalue weighted by Crippen LogP contribution is 2.19. The van der Waals surface area contributed by atoms with Gasteiger partial charge in [0.2, 0.25) is 10.0 Å². The van der Waals surface area contributed by atoms with Gasteiger partial charge in [0.1, 0.15) is 23.1 Å². The summed E-state index contributed by atoms with van der Waals surface area (Å²) in [6, 6.07) is 11.6. The Labute approximate surface area is 153 Å². The molecule has 2 rings (SSSR count). The van der Waals surface area contributed by atoms with Gasteiger partial charge in [-0.05, 0) is 42.3 Å². The Kier molecular flexibility index (Phi) is 6.81. The zero-order chi connectivity index (χ0) is 18.4. The average molecular weight is 386 g/mol. The van der Waals surface area contributed by atoms with Crippen LogP contribution in [0, 0.1) is 11.7 Å². The topological polar surface area (TPSA) is 55.4 Å². The quantitative estimate of drug-likeness (QED) is 0.739. The van der Waals surface area contributed by atoms with Crippen molar-refractivity contribution in [3.05, 3.63) is 59.4 Å². The van der Waals surface area contributed by atoms with E-state index in [0.29, 0.717) is 10.8 Å². The molecule has 2 atom stereocenters. The third-order valence-corrected chi connectivity index (χ3v) is 5.78. The first-order chi connectivity index (χ1) is 11.8. The summed E-state index contributed by atoms with van der Waals surface area (Å²) in [7, 11) is -3.98. The smallest absolute Gasteiger partial charge is 0.243 e. The molecule has 1 N–H and O–H groups in total. The van der Waals surface area contributed by atoms with Crippen LogP contribution in [0.4, 0.5) is 4.39 Å². The van der Waals surface area contributed by atoms with E-state index < -0.39 is 21.9 Å². The van der Waals surface area contributed by atoms with Crippen LogP contribution in [0.3, 0.4) is 0 Å². The molecule has 2 aromatic carbocycles. The number of rotatable bonds is 8. The summed E-state index contributed by atoms with van der Waals surface area (Å²) < 4.78 is 47.1. The second kappa shape index (κ2) is 8.65. The number of hydrogen-bond donors (Lipinski definition) is 1. The van der Waals surface area contributed by atoms with Gasteiger partial charge in [-0.2, -0.15) is 0 Å². The van der Waals surface area contributed by atoms with E-state index in [9.17, 15) is 12.8 Å². The van der Waals surface area contributed by atoms with E-state index in [4.69, 9.17) is 16.3 Å². The highest BCUT2D eigenvalue weighted by molar-refractivity contribution is 7.89. The van der Waals surface area contributed by atoms with Crippen LogP contribution in [-0.2, 0) is 10.0 Å². The first kappa shape index (κ1) is 19.7. The lowest BCUT2D eigenvalue weighted by molar-refractivity contribution is 0.238. The van der Waals surface area contributed by atoms with E-state index >= 15 is 0 Å². The number of benzene rings is 2. The molecule has 0 aliphatic rings. The zero-order valence-corrected chi connectivity index (χ0v) is 15.6. The average Bonchev–Trinajstić information content (AvgIpc) is 2.59. The fourth-order valence-electron chi connectivity index (χ4n) is 2.24. The van der Waals surface area contributed by atoms with Gasteiger partial charge in [-0.15, -0.1) is 0 Å². The Morgan fingerprint density at radius 2 is 1.80 bits per heavy atom. The van der Waals surface area contributed by atoms with Crippen LogP contribution in [-0.4, -0.2) is 21.1 Å². The molecule has 0 fully saturated rings. The summed E-state index contributed by atoms with van der Waals surface area (Å²) in [4.78, 5) is -0.366. The van der Waals surface area contributed by atoms with Gasteiger partial charge in [0, 0.05) is 5.02 Å². The molecule has 0 saturated carbocycles. The van der Waals surface area contributed by atoms with Crippen molar-refractivity contribution in [1.29, 1.82) is 0 Å². The van der Waals surface area contributed by atoms with Crippen LogP contribution < -0.4 is 9.46 Å². The summed E-state index contributed by atoms with van der Waals surface area (Å²) in [6.07, 6.45) is 0.744. The van der Waals surface area contributed by atoms with E-state index in [1.165, 1.54) is 18.2 Å². The standard InChI is InChI=1S/C18H21ClFNO3S/c1-3-13(2)17(12-24-15-10-8-14(19)9-11-15)21-25(22,23)18-7-5-4-6-16(18)20/h4-11,13,17,21H,3,12H2,1-2H3/t13-,17+/m0/s1. The predicted octanol–water partition coefficient (Wildman–Crippen LogP) is 4.25. The fraction of sp³-hybridized carbons (Fsp3) is 0.333. The second-order valence-electron chi connectivity index (χ2n) is 5.81. The van der Waals surface area contributed by atoms with Crippen LogP contribution in [0.25, 0.3) is 0 Å². The molecule has 136 valence electrons. The number of halogens is 2. The minimum Gasteiger partial charge on any atom is -0.492 e. The maximum atomic E-state index is 13.8. The molecular formula is C18H21ClFNO3S. The van der Waals surface area contributed by atoms with Crippen molar-refractivity contribution in [2.45, 2.75) is 31.2 Å². The molecule has 0 aliphatic carbocycles. The third-order valence-electron chi connectivity index (χ3n) is 4.01. The Balaban J connectivity index is 2.14. The Morgan fingerprint density at radius 1 is 1.16 bits per heavy atom. The van der Waals surface area contributed by atoms with Crippen molar-refractivity contribution in [1.82, 2.24) is 4.72 Å². The van der Waals surface area contributed by atoms with E-state index in [0.717, 1.165) is 12.5 Å². The molecule has 2 aromatic rings. The summed E-state index contributed by atoms with van der Waals surface area (Å²) in [6.45, 7) is 4.00. The summed E-state index contributed by atoms with van der Waals surface area (Å²) in [5.74, 6) is -0.187. The predicted molar refractivity (Wildman–Crippen MR) is 96.9 cm³/mol. The lowest BCUT2D eigenvalue weighted by Crippen LogP contribution is -2.43. The van der Waals surface area contributed by atoms with E-state index in [1.807, 2.05) is 13.8 Å². The van der Waals surface area contributed by atoms with Gasteiger partial charge in [-0.3, -0.25) is 0 Å². The third kappa shape index (κ3) is 5.42. The van der Waals surface area contributed by atoms with Gasteiger partial charge in [-0.1, -0.05) is 44.0 Å². The molecule has 0 bridgehead atoms. The van der Waals surface area contributed by atoms with Crippen LogP contribution in [0.2, 0.25) is 5.02 Å². The van der Waals surface area contributed by atoms with E-state index in [2.05, 4.69) is 4.72 Å². The molecule has 0 aromatic heterocycles. The van der Waals surface area contributed by atoms with Crippen LogP contribution in [0.15, 0.2) is 53.4 Å². The number of sulfonamides is 1. The lowest BCUT2D eigenvalue weighted by Gasteiger charge is -2.24. The molecule has 0 aliphatic heterocycles. The Bertz CT molecular complexity index is 796. The van der Waals surface area contributed by atoms with Crippen molar-refractivity contribution in [2.75, 3.05) is 6.61 Å². The van der Waals surface area contributed by atoms with Gasteiger partial charge in [0.15, 0.2) is 0 Å². The fourth-order valence-corrected chi connectivity index (χ4v) is 3.78. The summed E-state index contributed by atoms with van der Waals surface area (Å²) in [5, 5.41) is 0.589. The number of nitrogens with one attached hydrogen (secondary N) is 1. The minimum atomic E-state index is -3.98. The second-order valence-corrected chi connectivity index (χ2v) is 7.93. The number of hydrogen-bond acceptors (Lipinski definition) is 3. The SMILES string of the molecule is CC[C@H](C)[C@@H](COc1ccc(Cl)cc1)NS(=O)(=O)c1ccccc1F. The Morgan fingerprint density at radius 3 is 2.40 bits per heavy atom. The van der Waals surface area contributed by atoms with Crippen LogP contribution in [0.5, 0.6) is 5.75 Å². The maximum Gasteiger partial charge on any atom is 0.243 e. The minimum absolute atomic E-state index is 0.00819. The molecule has 4 nitrogen and oxygen atoms in total.